The molecule has 3 amide bonds. The molecule has 100 valence electrons. The highest BCUT2D eigenvalue weighted by Crippen LogP contribution is 2.17. The minimum atomic E-state index is -0.199. The Labute approximate surface area is 106 Å². The normalized spacial score (nSPS) is 24.8. The number of likely N-dealkylation sites (tertiary alicyclic amines) is 1. The Morgan fingerprint density at radius 1 is 1.33 bits per heavy atom. The van der Waals surface area contributed by atoms with E-state index in [2.05, 4.69) is 10.6 Å². The van der Waals surface area contributed by atoms with E-state index < -0.39 is 0 Å². The first-order valence-electron chi connectivity index (χ1n) is 6.39. The van der Waals surface area contributed by atoms with Crippen LogP contribution in [0.1, 0.15) is 26.2 Å². The highest BCUT2D eigenvalue weighted by molar-refractivity contribution is 5.89. The first-order valence-corrected chi connectivity index (χ1v) is 6.39. The van der Waals surface area contributed by atoms with Crippen LogP contribution >= 0.6 is 0 Å². The fraction of sp³-hybridized carbons (Fsp3) is 0.750. The van der Waals surface area contributed by atoms with E-state index in [0.29, 0.717) is 26.1 Å². The number of amides is 3. The number of piperidine rings is 1. The van der Waals surface area contributed by atoms with Gasteiger partial charge >= 0.3 is 0 Å². The van der Waals surface area contributed by atoms with Crippen molar-refractivity contribution in [3.8, 4) is 0 Å². The summed E-state index contributed by atoms with van der Waals surface area (Å²) in [6, 6.07) is 0.176. The third-order valence-electron chi connectivity index (χ3n) is 3.54. The molecule has 2 fully saturated rings. The average Bonchev–Trinajstić information content (AvgIpc) is 2.75. The van der Waals surface area contributed by atoms with Gasteiger partial charge in [-0.1, -0.05) is 0 Å². The van der Waals surface area contributed by atoms with E-state index in [1.165, 1.54) is 6.92 Å². The van der Waals surface area contributed by atoms with E-state index in [9.17, 15) is 14.4 Å². The van der Waals surface area contributed by atoms with Crippen LogP contribution in [0.15, 0.2) is 0 Å². The van der Waals surface area contributed by atoms with Crippen LogP contribution < -0.4 is 10.6 Å². The average molecular weight is 253 g/mol. The molecule has 2 aliphatic rings. The lowest BCUT2D eigenvalue weighted by molar-refractivity contribution is -0.137. The molecule has 0 aliphatic carbocycles. The van der Waals surface area contributed by atoms with Crippen LogP contribution in [0.5, 0.6) is 0 Å². The minimum absolute atomic E-state index is 0.0228. The van der Waals surface area contributed by atoms with E-state index in [1.807, 2.05) is 4.90 Å². The highest BCUT2D eigenvalue weighted by atomic mass is 16.2. The molecule has 1 atom stereocenters. The van der Waals surface area contributed by atoms with Gasteiger partial charge in [-0.25, -0.2) is 0 Å². The van der Waals surface area contributed by atoms with Gasteiger partial charge in [0.2, 0.25) is 17.7 Å². The highest BCUT2D eigenvalue weighted by Gasteiger charge is 2.33. The molecular formula is C12H19N3O3. The number of rotatable bonds is 2. The topological polar surface area (TPSA) is 78.5 Å². The van der Waals surface area contributed by atoms with Crippen molar-refractivity contribution >= 4 is 17.7 Å². The fourth-order valence-corrected chi connectivity index (χ4v) is 2.57. The lowest BCUT2D eigenvalue weighted by atomic mass is 10.0. The zero-order valence-electron chi connectivity index (χ0n) is 10.6. The predicted molar refractivity (Wildman–Crippen MR) is 64.5 cm³/mol. The second kappa shape index (κ2) is 5.37. The van der Waals surface area contributed by atoms with Gasteiger partial charge in [-0.2, -0.15) is 0 Å². The molecular weight excluding hydrogens is 234 g/mol. The van der Waals surface area contributed by atoms with Gasteiger partial charge in [0.25, 0.3) is 0 Å². The molecule has 6 heteroatoms. The summed E-state index contributed by atoms with van der Waals surface area (Å²) in [5.74, 6) is -0.198. The van der Waals surface area contributed by atoms with Gasteiger partial charge < -0.3 is 15.5 Å². The Morgan fingerprint density at radius 2 is 2.00 bits per heavy atom. The largest absolute Gasteiger partial charge is 0.355 e. The van der Waals surface area contributed by atoms with Gasteiger partial charge in [-0.3, -0.25) is 14.4 Å². The molecule has 6 nitrogen and oxygen atoms in total. The fourth-order valence-electron chi connectivity index (χ4n) is 2.57. The van der Waals surface area contributed by atoms with Crippen LogP contribution in [-0.4, -0.2) is 48.3 Å². The summed E-state index contributed by atoms with van der Waals surface area (Å²) in [7, 11) is 0. The van der Waals surface area contributed by atoms with Gasteiger partial charge in [0.05, 0.1) is 5.92 Å². The van der Waals surface area contributed by atoms with Gasteiger partial charge in [-0.15, -0.1) is 0 Å². The van der Waals surface area contributed by atoms with Crippen molar-refractivity contribution in [2.24, 2.45) is 5.92 Å². The van der Waals surface area contributed by atoms with E-state index in [-0.39, 0.29) is 29.7 Å². The maximum atomic E-state index is 12.1. The molecule has 18 heavy (non-hydrogen) atoms. The standard InChI is InChI=1S/C12H19N3O3/c1-8(16)14-10-2-4-15(5-3-10)12(18)9-6-11(17)13-7-9/h9-10H,2-7H2,1H3,(H,13,17)(H,14,16). The van der Waals surface area contributed by atoms with Crippen molar-refractivity contribution in [1.29, 1.82) is 0 Å². The molecule has 0 bridgehead atoms. The number of nitrogens with one attached hydrogen (secondary N) is 2. The number of carbonyl (C=O) groups is 3. The van der Waals surface area contributed by atoms with Crippen LogP contribution in [0.3, 0.4) is 0 Å². The maximum absolute atomic E-state index is 12.1. The smallest absolute Gasteiger partial charge is 0.227 e. The van der Waals surface area contributed by atoms with Gasteiger partial charge in [0, 0.05) is 39.0 Å². The Hall–Kier alpha value is -1.59. The summed E-state index contributed by atoms with van der Waals surface area (Å²) >= 11 is 0. The van der Waals surface area contributed by atoms with Crippen molar-refractivity contribution < 1.29 is 14.4 Å². The molecule has 0 aromatic heterocycles. The minimum Gasteiger partial charge on any atom is -0.355 e. The van der Waals surface area contributed by atoms with Crippen molar-refractivity contribution in [2.75, 3.05) is 19.6 Å². The molecule has 0 saturated carbocycles. The molecule has 0 aromatic carbocycles. The van der Waals surface area contributed by atoms with Crippen LogP contribution in [0.2, 0.25) is 0 Å². The number of carbonyl (C=O) groups excluding carboxylic acids is 3. The third-order valence-corrected chi connectivity index (χ3v) is 3.54. The zero-order valence-corrected chi connectivity index (χ0v) is 10.6. The summed E-state index contributed by atoms with van der Waals surface area (Å²) in [5.41, 5.74) is 0. The Balaban J connectivity index is 1.80. The molecule has 2 saturated heterocycles. The molecule has 2 aliphatic heterocycles. The maximum Gasteiger partial charge on any atom is 0.227 e. The summed E-state index contributed by atoms with van der Waals surface area (Å²) in [6.45, 7) is 3.29. The lowest BCUT2D eigenvalue weighted by Crippen LogP contribution is -2.47. The van der Waals surface area contributed by atoms with Gasteiger partial charge in [0.1, 0.15) is 0 Å². The molecule has 1 unspecified atom stereocenters. The van der Waals surface area contributed by atoms with E-state index in [4.69, 9.17) is 0 Å². The van der Waals surface area contributed by atoms with Crippen LogP contribution in [0.4, 0.5) is 0 Å². The van der Waals surface area contributed by atoms with Gasteiger partial charge in [-0.05, 0) is 12.8 Å². The van der Waals surface area contributed by atoms with Crippen molar-refractivity contribution in [3.63, 3.8) is 0 Å². The first kappa shape index (κ1) is 12.9. The SMILES string of the molecule is CC(=O)NC1CCN(C(=O)C2CNC(=O)C2)CC1. The molecule has 0 radical (unpaired) electrons. The predicted octanol–water partition coefficient (Wildman–Crippen LogP) is -0.750. The van der Waals surface area contributed by atoms with Crippen LogP contribution in [-0.2, 0) is 14.4 Å². The molecule has 0 aromatic rings. The van der Waals surface area contributed by atoms with Crippen LogP contribution in [0, 0.1) is 5.92 Å². The Morgan fingerprint density at radius 3 is 2.50 bits per heavy atom. The summed E-state index contributed by atoms with van der Waals surface area (Å²) in [4.78, 5) is 35.9. The molecule has 2 N–H and O–H groups in total. The van der Waals surface area contributed by atoms with E-state index in [1.54, 1.807) is 0 Å². The van der Waals surface area contributed by atoms with Crippen molar-refractivity contribution in [3.05, 3.63) is 0 Å². The first-order chi connectivity index (χ1) is 8.56. The molecule has 2 rings (SSSR count). The van der Waals surface area contributed by atoms with Crippen molar-refractivity contribution in [2.45, 2.75) is 32.2 Å². The molecule has 0 spiro atoms. The Bertz CT molecular complexity index is 362. The summed E-state index contributed by atoms with van der Waals surface area (Å²) in [6.07, 6.45) is 1.89. The number of nitrogens with zero attached hydrogens (tertiary/aromatic N) is 1. The van der Waals surface area contributed by atoms with E-state index >= 15 is 0 Å². The monoisotopic (exact) mass is 253 g/mol. The summed E-state index contributed by atoms with van der Waals surface area (Å²) < 4.78 is 0. The summed E-state index contributed by atoms with van der Waals surface area (Å²) in [5, 5.41) is 5.56. The van der Waals surface area contributed by atoms with Crippen LogP contribution in [0.25, 0.3) is 0 Å². The van der Waals surface area contributed by atoms with Crippen molar-refractivity contribution in [1.82, 2.24) is 15.5 Å². The third kappa shape index (κ3) is 3.00. The zero-order chi connectivity index (χ0) is 13.1. The second-order valence-electron chi connectivity index (χ2n) is 5.01. The second-order valence-corrected chi connectivity index (χ2v) is 5.01. The molecule has 2 heterocycles. The number of hydrogen-bond acceptors (Lipinski definition) is 3. The van der Waals surface area contributed by atoms with Gasteiger partial charge in [0.15, 0.2) is 0 Å². The number of hydrogen-bond donors (Lipinski definition) is 2. The van der Waals surface area contributed by atoms with E-state index in [0.717, 1.165) is 12.8 Å². The quantitative estimate of drug-likeness (QED) is 0.679. The lowest BCUT2D eigenvalue weighted by Gasteiger charge is -2.33. The Kier molecular flexibility index (Phi) is 3.84.